The van der Waals surface area contributed by atoms with Crippen molar-refractivity contribution in [3.05, 3.63) is 12.2 Å². The molecule has 0 bridgehead atoms. The van der Waals surface area contributed by atoms with Crippen LogP contribution >= 0.6 is 0 Å². The summed E-state index contributed by atoms with van der Waals surface area (Å²) in [5, 5.41) is 1.35. The highest BCUT2D eigenvalue weighted by Crippen LogP contribution is 1.99. The van der Waals surface area contributed by atoms with Crippen LogP contribution in [0.5, 0.6) is 0 Å². The van der Waals surface area contributed by atoms with Gasteiger partial charge in [0.15, 0.2) is 0 Å². The Morgan fingerprint density at radius 3 is 2.40 bits per heavy atom. The van der Waals surface area contributed by atoms with Gasteiger partial charge in [-0.2, -0.15) is 0 Å². The van der Waals surface area contributed by atoms with E-state index in [1.165, 1.54) is 5.06 Å². The lowest BCUT2D eigenvalue weighted by Gasteiger charge is -2.09. The molecule has 0 aromatic carbocycles. The van der Waals surface area contributed by atoms with Crippen molar-refractivity contribution in [2.45, 2.75) is 13.3 Å². The summed E-state index contributed by atoms with van der Waals surface area (Å²) in [6.07, 6.45) is 0.632. The van der Waals surface area contributed by atoms with Gasteiger partial charge in [-0.25, -0.2) is 4.79 Å². The summed E-state index contributed by atoms with van der Waals surface area (Å²) in [6.45, 7) is 5.39. The molecule has 0 atom stereocenters. The Hall–Kier alpha value is -0.830. The minimum Gasteiger partial charge on any atom is -0.365 e. The molecule has 3 nitrogen and oxygen atoms in total. The molecule has 0 saturated heterocycles. The molecule has 0 heterocycles. The average Bonchev–Trinajstić information content (AvgIpc) is 1.85. The van der Waals surface area contributed by atoms with Gasteiger partial charge in [-0.15, -0.1) is 5.06 Å². The van der Waals surface area contributed by atoms with Gasteiger partial charge in [-0.1, -0.05) is 13.5 Å². The molecule has 0 unspecified atom stereocenters. The van der Waals surface area contributed by atoms with Crippen molar-refractivity contribution >= 4 is 5.97 Å². The number of nitrogens with zero attached hydrogens (tertiary/aromatic N) is 1. The predicted molar refractivity (Wildman–Crippen MR) is 39.2 cm³/mol. The normalized spacial score (nSPS) is 9.60. The van der Waals surface area contributed by atoms with E-state index < -0.39 is 0 Å². The van der Waals surface area contributed by atoms with Gasteiger partial charge in [0.25, 0.3) is 0 Å². The summed E-state index contributed by atoms with van der Waals surface area (Å²) in [5.74, 6) is -0.354. The van der Waals surface area contributed by atoms with E-state index in [1.54, 1.807) is 14.1 Å². The Morgan fingerprint density at radius 1 is 1.60 bits per heavy atom. The van der Waals surface area contributed by atoms with Gasteiger partial charge in [0, 0.05) is 19.7 Å². The molecular formula is C7H13NO2. The van der Waals surface area contributed by atoms with Crippen LogP contribution in [0.25, 0.3) is 0 Å². The molecule has 0 radical (unpaired) electrons. The number of rotatable bonds is 3. The number of hydroxylamine groups is 2. The first kappa shape index (κ1) is 9.17. The van der Waals surface area contributed by atoms with Crippen LogP contribution in [0.1, 0.15) is 13.3 Å². The maximum absolute atomic E-state index is 10.8. The quantitative estimate of drug-likeness (QED) is 0.435. The fourth-order valence-electron chi connectivity index (χ4n) is 0.375. The second-order valence-electron chi connectivity index (χ2n) is 2.15. The second kappa shape index (κ2) is 4.06. The van der Waals surface area contributed by atoms with Crippen LogP contribution in [0.4, 0.5) is 0 Å². The van der Waals surface area contributed by atoms with Crippen molar-refractivity contribution in [1.29, 1.82) is 0 Å². The summed E-state index contributed by atoms with van der Waals surface area (Å²) < 4.78 is 0. The van der Waals surface area contributed by atoms with E-state index in [1.807, 2.05) is 6.92 Å². The molecule has 0 aromatic rings. The van der Waals surface area contributed by atoms with Crippen LogP contribution in [0.3, 0.4) is 0 Å². The minimum atomic E-state index is -0.354. The number of hydrogen-bond acceptors (Lipinski definition) is 3. The first-order valence-electron chi connectivity index (χ1n) is 3.15. The third-order valence-corrected chi connectivity index (χ3v) is 0.981. The molecule has 3 heteroatoms. The van der Waals surface area contributed by atoms with Gasteiger partial charge < -0.3 is 4.84 Å². The highest BCUT2D eigenvalue weighted by Gasteiger charge is 2.06. The van der Waals surface area contributed by atoms with Crippen LogP contribution in [-0.4, -0.2) is 25.1 Å². The topological polar surface area (TPSA) is 29.5 Å². The van der Waals surface area contributed by atoms with E-state index >= 15 is 0 Å². The van der Waals surface area contributed by atoms with Crippen LogP contribution in [-0.2, 0) is 9.63 Å². The Labute approximate surface area is 61.2 Å². The van der Waals surface area contributed by atoms with Crippen molar-refractivity contribution in [3.63, 3.8) is 0 Å². The summed E-state index contributed by atoms with van der Waals surface area (Å²) in [6, 6.07) is 0. The Bertz CT molecular complexity index is 141. The Balaban J connectivity index is 3.74. The third kappa shape index (κ3) is 3.25. The van der Waals surface area contributed by atoms with Crippen molar-refractivity contribution in [3.8, 4) is 0 Å². The minimum absolute atomic E-state index is 0.354. The molecule has 0 aromatic heterocycles. The highest BCUT2D eigenvalue weighted by atomic mass is 16.7. The van der Waals surface area contributed by atoms with Crippen molar-refractivity contribution < 1.29 is 9.63 Å². The zero-order valence-corrected chi connectivity index (χ0v) is 6.68. The summed E-state index contributed by atoms with van der Waals surface area (Å²) in [4.78, 5) is 15.5. The van der Waals surface area contributed by atoms with Crippen LogP contribution in [0.15, 0.2) is 12.2 Å². The molecule has 0 rings (SSSR count). The summed E-state index contributed by atoms with van der Waals surface area (Å²) >= 11 is 0. The molecule has 0 saturated carbocycles. The van der Waals surface area contributed by atoms with E-state index in [9.17, 15) is 4.79 Å². The lowest BCUT2D eigenvalue weighted by Crippen LogP contribution is -2.19. The fraction of sp³-hybridized carbons (Fsp3) is 0.571. The number of carbonyl (C=O) groups excluding carboxylic acids is 1. The first-order valence-corrected chi connectivity index (χ1v) is 3.15. The van der Waals surface area contributed by atoms with E-state index in [0.29, 0.717) is 12.0 Å². The molecule has 0 N–H and O–H groups in total. The lowest BCUT2D eigenvalue weighted by molar-refractivity contribution is -0.173. The molecule has 58 valence electrons. The average molecular weight is 143 g/mol. The molecular weight excluding hydrogens is 130 g/mol. The van der Waals surface area contributed by atoms with Crippen molar-refractivity contribution in [1.82, 2.24) is 5.06 Å². The molecule has 0 aliphatic carbocycles. The van der Waals surface area contributed by atoms with E-state index in [-0.39, 0.29) is 5.97 Å². The fourth-order valence-corrected chi connectivity index (χ4v) is 0.375. The molecule has 0 spiro atoms. The maximum atomic E-state index is 10.8. The number of carbonyl (C=O) groups is 1. The standard InChI is InChI=1S/C7H13NO2/c1-5-6(2)7(9)10-8(3)4/h2,5H2,1,3-4H3. The van der Waals surface area contributed by atoms with Gasteiger partial charge in [-0.3, -0.25) is 0 Å². The van der Waals surface area contributed by atoms with Gasteiger partial charge in [-0.05, 0) is 6.42 Å². The Morgan fingerprint density at radius 2 is 2.10 bits per heavy atom. The zero-order chi connectivity index (χ0) is 8.15. The molecule has 0 fully saturated rings. The first-order chi connectivity index (χ1) is 4.57. The van der Waals surface area contributed by atoms with E-state index in [4.69, 9.17) is 4.84 Å². The van der Waals surface area contributed by atoms with Crippen LogP contribution in [0, 0.1) is 0 Å². The van der Waals surface area contributed by atoms with E-state index in [0.717, 1.165) is 0 Å². The third-order valence-electron chi connectivity index (χ3n) is 0.981. The van der Waals surface area contributed by atoms with Gasteiger partial charge in [0.05, 0.1) is 0 Å². The predicted octanol–water partition coefficient (Wildman–Crippen LogP) is 0.972. The molecule has 0 aliphatic rings. The highest BCUT2D eigenvalue weighted by molar-refractivity contribution is 5.87. The summed E-state index contributed by atoms with van der Waals surface area (Å²) in [7, 11) is 3.31. The smallest absolute Gasteiger partial charge is 0.352 e. The maximum Gasteiger partial charge on any atom is 0.352 e. The van der Waals surface area contributed by atoms with Crippen LogP contribution in [0.2, 0.25) is 0 Å². The zero-order valence-electron chi connectivity index (χ0n) is 6.68. The molecule has 10 heavy (non-hydrogen) atoms. The van der Waals surface area contributed by atoms with Gasteiger partial charge in [0.1, 0.15) is 0 Å². The van der Waals surface area contributed by atoms with Gasteiger partial charge in [0.2, 0.25) is 0 Å². The number of hydrogen-bond donors (Lipinski definition) is 0. The molecule has 0 amide bonds. The van der Waals surface area contributed by atoms with Gasteiger partial charge >= 0.3 is 5.97 Å². The largest absolute Gasteiger partial charge is 0.365 e. The summed E-state index contributed by atoms with van der Waals surface area (Å²) in [5.41, 5.74) is 0.494. The SMILES string of the molecule is C=C(CC)C(=O)ON(C)C. The van der Waals surface area contributed by atoms with Crippen molar-refractivity contribution in [2.24, 2.45) is 0 Å². The van der Waals surface area contributed by atoms with E-state index in [2.05, 4.69) is 6.58 Å². The second-order valence-corrected chi connectivity index (χ2v) is 2.15. The van der Waals surface area contributed by atoms with Crippen molar-refractivity contribution in [2.75, 3.05) is 14.1 Å². The monoisotopic (exact) mass is 143 g/mol. The van der Waals surface area contributed by atoms with Crippen LogP contribution < -0.4 is 0 Å². The lowest BCUT2D eigenvalue weighted by atomic mass is 10.2. The Kier molecular flexibility index (Phi) is 3.72. The molecule has 0 aliphatic heterocycles.